The van der Waals surface area contributed by atoms with E-state index in [-0.39, 0.29) is 16.6 Å². The van der Waals surface area contributed by atoms with Crippen LogP contribution in [0.5, 0.6) is 0 Å². The van der Waals surface area contributed by atoms with Gasteiger partial charge < -0.3 is 15.2 Å². The van der Waals surface area contributed by atoms with Gasteiger partial charge in [-0.05, 0) is 31.0 Å². The number of carboxylic acids is 1. The zero-order valence-electron chi connectivity index (χ0n) is 10.7. The molecule has 1 atom stereocenters. The van der Waals surface area contributed by atoms with E-state index in [2.05, 4.69) is 5.32 Å². The monoisotopic (exact) mass is 300 g/mol. The number of primary sulfonamides is 1. The van der Waals surface area contributed by atoms with Crippen molar-refractivity contribution in [2.45, 2.75) is 23.8 Å². The van der Waals surface area contributed by atoms with E-state index >= 15 is 0 Å². The average Bonchev–Trinajstić information content (AvgIpc) is 2.88. The molecule has 0 unspecified atom stereocenters. The molecule has 0 aliphatic carbocycles. The zero-order valence-corrected chi connectivity index (χ0v) is 11.5. The number of carboxylic acid groups (broad SMARTS) is 1. The highest BCUT2D eigenvalue weighted by Crippen LogP contribution is 2.21. The van der Waals surface area contributed by atoms with Crippen LogP contribution in [-0.4, -0.2) is 38.7 Å². The van der Waals surface area contributed by atoms with Crippen LogP contribution in [0, 0.1) is 0 Å². The van der Waals surface area contributed by atoms with Crippen molar-refractivity contribution in [1.82, 2.24) is 0 Å². The molecule has 1 saturated heterocycles. The number of nitrogens with two attached hydrogens (primary N) is 1. The maximum Gasteiger partial charge on any atom is 0.337 e. The molecule has 0 aromatic heterocycles. The normalized spacial score (nSPS) is 18.9. The van der Waals surface area contributed by atoms with Gasteiger partial charge in [-0.25, -0.2) is 18.4 Å². The maximum atomic E-state index is 11.2. The Hall–Kier alpha value is -1.64. The fourth-order valence-corrected chi connectivity index (χ4v) is 2.60. The minimum atomic E-state index is -3.92. The van der Waals surface area contributed by atoms with Gasteiger partial charge >= 0.3 is 5.97 Å². The first kappa shape index (κ1) is 14.8. The number of benzene rings is 1. The number of hydrogen-bond acceptors (Lipinski definition) is 5. The smallest absolute Gasteiger partial charge is 0.337 e. The van der Waals surface area contributed by atoms with Gasteiger partial charge in [0.25, 0.3) is 0 Å². The molecule has 7 nitrogen and oxygen atoms in total. The quantitative estimate of drug-likeness (QED) is 0.733. The van der Waals surface area contributed by atoms with Gasteiger partial charge in [-0.2, -0.15) is 0 Å². The molecule has 1 aliphatic heterocycles. The average molecular weight is 300 g/mol. The van der Waals surface area contributed by atoms with Gasteiger partial charge in [0.1, 0.15) is 0 Å². The molecule has 20 heavy (non-hydrogen) atoms. The number of rotatable bonds is 5. The number of ether oxygens (including phenoxy) is 1. The topological polar surface area (TPSA) is 119 Å². The van der Waals surface area contributed by atoms with Crippen molar-refractivity contribution in [3.63, 3.8) is 0 Å². The highest BCUT2D eigenvalue weighted by atomic mass is 32.2. The lowest BCUT2D eigenvalue weighted by molar-refractivity contribution is 0.0697. The van der Waals surface area contributed by atoms with Crippen LogP contribution in [0.15, 0.2) is 23.1 Å². The van der Waals surface area contributed by atoms with Crippen molar-refractivity contribution >= 4 is 21.7 Å². The van der Waals surface area contributed by atoms with E-state index in [9.17, 15) is 13.2 Å². The third-order valence-corrected chi connectivity index (χ3v) is 4.01. The third kappa shape index (κ3) is 3.47. The fraction of sp³-hybridized carbons (Fsp3) is 0.417. The van der Waals surface area contributed by atoms with E-state index < -0.39 is 16.0 Å². The van der Waals surface area contributed by atoms with Crippen molar-refractivity contribution in [2.75, 3.05) is 18.5 Å². The molecule has 0 bridgehead atoms. The van der Waals surface area contributed by atoms with E-state index in [4.69, 9.17) is 15.0 Å². The summed E-state index contributed by atoms with van der Waals surface area (Å²) in [5.74, 6) is -1.22. The summed E-state index contributed by atoms with van der Waals surface area (Å²) in [6.07, 6.45) is 1.96. The summed E-state index contributed by atoms with van der Waals surface area (Å²) in [4.78, 5) is 11.0. The lowest BCUT2D eigenvalue weighted by atomic mass is 10.1. The molecule has 2 rings (SSSR count). The van der Waals surface area contributed by atoms with E-state index in [1.165, 1.54) is 12.1 Å². The van der Waals surface area contributed by atoms with Crippen LogP contribution in [-0.2, 0) is 14.8 Å². The summed E-state index contributed by atoms with van der Waals surface area (Å²) in [6, 6.07) is 3.73. The van der Waals surface area contributed by atoms with Crippen molar-refractivity contribution < 1.29 is 23.1 Å². The second-order valence-corrected chi connectivity index (χ2v) is 6.13. The molecule has 1 aromatic carbocycles. The number of aromatic carboxylic acids is 1. The Labute approximate surface area is 116 Å². The Balaban J connectivity index is 2.21. The largest absolute Gasteiger partial charge is 0.478 e. The number of nitrogens with one attached hydrogen (secondary N) is 1. The zero-order chi connectivity index (χ0) is 14.8. The summed E-state index contributed by atoms with van der Waals surface area (Å²) in [5.41, 5.74) is 0.218. The van der Waals surface area contributed by atoms with Crippen LogP contribution < -0.4 is 10.5 Å². The van der Waals surface area contributed by atoms with Crippen LogP contribution in [0.2, 0.25) is 0 Å². The molecule has 4 N–H and O–H groups in total. The van der Waals surface area contributed by atoms with E-state index in [0.29, 0.717) is 18.8 Å². The van der Waals surface area contributed by atoms with Crippen molar-refractivity contribution in [3.8, 4) is 0 Å². The first-order chi connectivity index (χ1) is 9.38. The molecule has 1 heterocycles. The number of carbonyl (C=O) groups is 1. The first-order valence-corrected chi connectivity index (χ1v) is 7.68. The van der Waals surface area contributed by atoms with Gasteiger partial charge in [0.2, 0.25) is 10.0 Å². The van der Waals surface area contributed by atoms with Gasteiger partial charge in [0.15, 0.2) is 0 Å². The Morgan fingerprint density at radius 3 is 2.80 bits per heavy atom. The van der Waals surface area contributed by atoms with Gasteiger partial charge in [-0.15, -0.1) is 0 Å². The standard InChI is InChI=1S/C12H16N2O5S/c13-20(17,18)9-3-4-11(10(6-9)12(15)16)14-7-8-2-1-5-19-8/h3-4,6,8,14H,1-2,5,7H2,(H,15,16)(H2,13,17,18)/t8-/m0/s1. The Bertz CT molecular complexity index is 608. The predicted octanol–water partition coefficient (Wildman–Crippen LogP) is 0.623. The molecule has 0 spiro atoms. The summed E-state index contributed by atoms with van der Waals surface area (Å²) in [6.45, 7) is 1.19. The second kappa shape index (κ2) is 5.78. The molecule has 110 valence electrons. The molecule has 0 amide bonds. The lowest BCUT2D eigenvalue weighted by Crippen LogP contribution is -2.20. The number of anilines is 1. The van der Waals surface area contributed by atoms with E-state index in [1.807, 2.05) is 0 Å². The van der Waals surface area contributed by atoms with Crippen LogP contribution in [0.25, 0.3) is 0 Å². The molecular weight excluding hydrogens is 284 g/mol. The van der Waals surface area contributed by atoms with E-state index in [1.54, 1.807) is 0 Å². The minimum absolute atomic E-state index is 0.0505. The minimum Gasteiger partial charge on any atom is -0.478 e. The Morgan fingerprint density at radius 2 is 2.25 bits per heavy atom. The molecular formula is C12H16N2O5S. The second-order valence-electron chi connectivity index (χ2n) is 4.57. The van der Waals surface area contributed by atoms with Gasteiger partial charge in [0.05, 0.1) is 16.6 Å². The van der Waals surface area contributed by atoms with Crippen molar-refractivity contribution in [2.24, 2.45) is 5.14 Å². The summed E-state index contributed by atoms with van der Waals surface area (Å²) in [5, 5.41) is 17.1. The highest BCUT2D eigenvalue weighted by Gasteiger charge is 2.18. The molecule has 0 saturated carbocycles. The lowest BCUT2D eigenvalue weighted by Gasteiger charge is -2.14. The SMILES string of the molecule is NS(=O)(=O)c1ccc(NC[C@@H]2CCCO2)c(C(=O)O)c1. The Morgan fingerprint density at radius 1 is 1.50 bits per heavy atom. The number of sulfonamides is 1. The summed E-state index contributed by atoms with van der Waals surface area (Å²) < 4.78 is 27.9. The van der Waals surface area contributed by atoms with E-state index in [0.717, 1.165) is 18.9 Å². The summed E-state index contributed by atoms with van der Waals surface area (Å²) in [7, 11) is -3.92. The Kier molecular flexibility index (Phi) is 4.26. The molecule has 1 fully saturated rings. The van der Waals surface area contributed by atoms with Gasteiger partial charge in [0, 0.05) is 18.8 Å². The first-order valence-electron chi connectivity index (χ1n) is 6.13. The molecule has 1 aliphatic rings. The van der Waals surface area contributed by atoms with Crippen LogP contribution >= 0.6 is 0 Å². The maximum absolute atomic E-state index is 11.2. The summed E-state index contributed by atoms with van der Waals surface area (Å²) >= 11 is 0. The molecule has 8 heteroatoms. The highest BCUT2D eigenvalue weighted by molar-refractivity contribution is 7.89. The van der Waals surface area contributed by atoms with Crippen molar-refractivity contribution in [1.29, 1.82) is 0 Å². The third-order valence-electron chi connectivity index (χ3n) is 3.09. The van der Waals surface area contributed by atoms with Gasteiger partial charge in [-0.3, -0.25) is 0 Å². The number of hydrogen-bond donors (Lipinski definition) is 3. The van der Waals surface area contributed by atoms with Crippen LogP contribution in [0.4, 0.5) is 5.69 Å². The van der Waals surface area contributed by atoms with Crippen LogP contribution in [0.1, 0.15) is 23.2 Å². The van der Waals surface area contributed by atoms with Crippen molar-refractivity contribution in [3.05, 3.63) is 23.8 Å². The van der Waals surface area contributed by atoms with Gasteiger partial charge in [-0.1, -0.05) is 0 Å². The van der Waals surface area contributed by atoms with Crippen LogP contribution in [0.3, 0.4) is 0 Å². The molecule has 0 radical (unpaired) electrons. The fourth-order valence-electron chi connectivity index (χ4n) is 2.06. The molecule has 1 aromatic rings. The predicted molar refractivity (Wildman–Crippen MR) is 72.2 cm³/mol.